The molecule has 15 heavy (non-hydrogen) atoms. The van der Waals surface area contributed by atoms with E-state index >= 15 is 0 Å². The average molecular weight is 224 g/mol. The Hall–Kier alpha value is -1.60. The Morgan fingerprint density at radius 2 is 2.40 bits per heavy atom. The second-order valence-electron chi connectivity index (χ2n) is 2.98. The minimum atomic E-state index is -0.127. The molecule has 0 spiro atoms. The molecule has 0 saturated heterocycles. The van der Waals surface area contributed by atoms with E-state index in [0.717, 1.165) is 5.56 Å². The van der Waals surface area contributed by atoms with E-state index < -0.39 is 0 Å². The van der Waals surface area contributed by atoms with Crippen LogP contribution in [-0.4, -0.2) is 10.9 Å². The highest BCUT2D eigenvalue weighted by atomic mass is 35.5. The highest BCUT2D eigenvalue weighted by Crippen LogP contribution is 2.27. The van der Waals surface area contributed by atoms with Gasteiger partial charge in [-0.25, -0.2) is 0 Å². The largest absolute Gasteiger partial charge is 0.361 e. The zero-order chi connectivity index (χ0) is 11.4. The van der Waals surface area contributed by atoms with E-state index in [-0.39, 0.29) is 16.9 Å². The van der Waals surface area contributed by atoms with Crippen LogP contribution in [0.1, 0.15) is 18.9 Å². The highest BCUT2D eigenvalue weighted by molar-refractivity contribution is 6.32. The number of halogens is 1. The Labute approximate surface area is 93.1 Å². The topological polar surface area (TPSA) is 46.4 Å². The number of anilines is 1. The Morgan fingerprint density at radius 1 is 1.73 bits per heavy atom. The predicted octanol–water partition coefficient (Wildman–Crippen LogP) is 2.94. The SMILES string of the molecule is [C-]#[N+]c1cc(C)c(NC(=O)CC)c(Cl)n1. The zero-order valence-corrected chi connectivity index (χ0v) is 9.22. The van der Waals surface area contributed by atoms with Gasteiger partial charge in [-0.05, 0) is 30.2 Å². The van der Waals surface area contributed by atoms with Gasteiger partial charge in [-0.2, -0.15) is 0 Å². The first-order valence-electron chi connectivity index (χ1n) is 4.43. The van der Waals surface area contributed by atoms with Crippen molar-refractivity contribution in [3.05, 3.63) is 28.2 Å². The van der Waals surface area contributed by atoms with Gasteiger partial charge in [0.25, 0.3) is 5.82 Å². The van der Waals surface area contributed by atoms with Gasteiger partial charge < -0.3 is 10.2 Å². The molecule has 1 heterocycles. The van der Waals surface area contributed by atoms with Crippen LogP contribution in [0.2, 0.25) is 5.15 Å². The Bertz CT molecular complexity index is 414. The third-order valence-corrected chi connectivity index (χ3v) is 2.13. The molecule has 0 bridgehead atoms. The van der Waals surface area contributed by atoms with Gasteiger partial charge in [-0.1, -0.05) is 13.5 Å². The molecule has 1 aromatic heterocycles. The number of aryl methyl sites for hydroxylation is 1. The van der Waals surface area contributed by atoms with Crippen molar-refractivity contribution in [3.63, 3.8) is 0 Å². The number of carbonyl (C=O) groups is 1. The molecule has 0 aliphatic carbocycles. The van der Waals surface area contributed by atoms with Crippen LogP contribution in [0.4, 0.5) is 11.5 Å². The number of aromatic nitrogens is 1. The lowest BCUT2D eigenvalue weighted by Crippen LogP contribution is -2.11. The van der Waals surface area contributed by atoms with Crippen molar-refractivity contribution in [2.75, 3.05) is 5.32 Å². The summed E-state index contributed by atoms with van der Waals surface area (Å²) in [4.78, 5) is 18.2. The van der Waals surface area contributed by atoms with Crippen molar-refractivity contribution < 1.29 is 4.79 Å². The van der Waals surface area contributed by atoms with Crippen LogP contribution in [0, 0.1) is 13.5 Å². The van der Waals surface area contributed by atoms with Crippen LogP contribution < -0.4 is 5.32 Å². The van der Waals surface area contributed by atoms with E-state index in [9.17, 15) is 4.79 Å². The lowest BCUT2D eigenvalue weighted by atomic mass is 10.2. The summed E-state index contributed by atoms with van der Waals surface area (Å²) < 4.78 is 0. The van der Waals surface area contributed by atoms with E-state index in [1.807, 2.05) is 0 Å². The van der Waals surface area contributed by atoms with E-state index in [1.165, 1.54) is 0 Å². The normalized spacial score (nSPS) is 9.47. The number of hydrogen-bond donors (Lipinski definition) is 1. The maximum Gasteiger partial charge on any atom is 0.271 e. The molecule has 78 valence electrons. The van der Waals surface area contributed by atoms with Crippen LogP contribution in [0.15, 0.2) is 6.07 Å². The fourth-order valence-electron chi connectivity index (χ4n) is 1.05. The standard InChI is InChI=1S/C10H10ClN3O/c1-4-8(15)14-9-6(2)5-7(12-3)13-10(9)11/h5H,4H2,1-2H3,(H,14,15). The third kappa shape index (κ3) is 2.67. The molecule has 1 N–H and O–H groups in total. The molecule has 0 aliphatic heterocycles. The summed E-state index contributed by atoms with van der Waals surface area (Å²) in [6, 6.07) is 1.59. The van der Waals surface area contributed by atoms with E-state index in [4.69, 9.17) is 18.2 Å². The molecule has 4 nitrogen and oxygen atoms in total. The third-order valence-electron chi connectivity index (χ3n) is 1.86. The first-order chi connectivity index (χ1) is 7.08. The Balaban J connectivity index is 3.10. The van der Waals surface area contributed by atoms with Crippen molar-refractivity contribution in [2.24, 2.45) is 0 Å². The maximum absolute atomic E-state index is 11.2. The van der Waals surface area contributed by atoms with Crippen molar-refractivity contribution in [1.82, 2.24) is 4.98 Å². The van der Waals surface area contributed by atoms with Crippen molar-refractivity contribution >= 4 is 29.0 Å². The molecule has 5 heteroatoms. The second kappa shape index (κ2) is 4.76. The van der Waals surface area contributed by atoms with Gasteiger partial charge in [-0.3, -0.25) is 4.79 Å². The second-order valence-corrected chi connectivity index (χ2v) is 3.33. The minimum absolute atomic E-state index is 0.127. The van der Waals surface area contributed by atoms with Crippen LogP contribution >= 0.6 is 11.6 Å². The van der Waals surface area contributed by atoms with Crippen LogP contribution in [0.5, 0.6) is 0 Å². The molecule has 1 aromatic rings. The van der Waals surface area contributed by atoms with E-state index in [0.29, 0.717) is 12.1 Å². The number of carbonyl (C=O) groups excluding carboxylic acids is 1. The lowest BCUT2D eigenvalue weighted by molar-refractivity contribution is -0.115. The summed E-state index contributed by atoms with van der Waals surface area (Å²) in [6.07, 6.45) is 0.375. The molecule has 0 fully saturated rings. The van der Waals surface area contributed by atoms with Crippen LogP contribution in [0.3, 0.4) is 0 Å². The summed E-state index contributed by atoms with van der Waals surface area (Å²) >= 11 is 5.85. The van der Waals surface area contributed by atoms with Crippen LogP contribution in [0.25, 0.3) is 4.85 Å². The molecule has 1 amide bonds. The van der Waals surface area contributed by atoms with E-state index in [2.05, 4.69) is 15.1 Å². The van der Waals surface area contributed by atoms with Gasteiger partial charge in [0.15, 0.2) is 0 Å². The fraction of sp³-hybridized carbons (Fsp3) is 0.300. The van der Waals surface area contributed by atoms with Gasteiger partial charge in [0, 0.05) is 6.42 Å². The van der Waals surface area contributed by atoms with Gasteiger partial charge in [-0.15, -0.1) is 4.98 Å². The number of pyridine rings is 1. The van der Waals surface area contributed by atoms with Gasteiger partial charge in [0.2, 0.25) is 11.1 Å². The Morgan fingerprint density at radius 3 is 2.87 bits per heavy atom. The first-order valence-corrected chi connectivity index (χ1v) is 4.80. The number of amides is 1. The van der Waals surface area contributed by atoms with Crippen LogP contribution in [-0.2, 0) is 4.79 Å². The molecule has 0 saturated carbocycles. The summed E-state index contributed by atoms with van der Waals surface area (Å²) in [6.45, 7) is 10.3. The highest BCUT2D eigenvalue weighted by Gasteiger charge is 2.12. The van der Waals surface area contributed by atoms with Crippen molar-refractivity contribution in [2.45, 2.75) is 20.3 Å². The summed E-state index contributed by atoms with van der Waals surface area (Å²) in [7, 11) is 0. The molecule has 0 atom stereocenters. The molecule has 0 aliphatic rings. The molecular weight excluding hydrogens is 214 g/mol. The monoisotopic (exact) mass is 223 g/mol. The summed E-state index contributed by atoms with van der Waals surface area (Å²) in [5, 5.41) is 2.80. The Kier molecular flexibility index (Phi) is 3.64. The molecule has 0 unspecified atom stereocenters. The van der Waals surface area contributed by atoms with Gasteiger partial charge >= 0.3 is 0 Å². The molecule has 0 radical (unpaired) electrons. The average Bonchev–Trinajstić information content (AvgIpc) is 2.22. The van der Waals surface area contributed by atoms with Crippen molar-refractivity contribution in [3.8, 4) is 0 Å². The zero-order valence-electron chi connectivity index (χ0n) is 8.47. The molecular formula is C10H10ClN3O. The number of rotatable bonds is 2. The van der Waals surface area contributed by atoms with Crippen molar-refractivity contribution in [1.29, 1.82) is 0 Å². The summed E-state index contributed by atoms with van der Waals surface area (Å²) in [5.41, 5.74) is 1.22. The summed E-state index contributed by atoms with van der Waals surface area (Å²) in [5.74, 6) is 0.101. The minimum Gasteiger partial charge on any atom is -0.361 e. The smallest absolute Gasteiger partial charge is 0.271 e. The van der Waals surface area contributed by atoms with E-state index in [1.54, 1.807) is 19.9 Å². The number of nitrogens with one attached hydrogen (secondary N) is 1. The first kappa shape index (κ1) is 11.5. The molecule has 1 rings (SSSR count). The predicted molar refractivity (Wildman–Crippen MR) is 59.2 cm³/mol. The number of hydrogen-bond acceptors (Lipinski definition) is 2. The van der Waals surface area contributed by atoms with Gasteiger partial charge in [0.05, 0.1) is 0 Å². The lowest BCUT2D eigenvalue weighted by Gasteiger charge is -2.07. The number of nitrogens with zero attached hydrogens (tertiary/aromatic N) is 2. The van der Waals surface area contributed by atoms with Gasteiger partial charge in [0.1, 0.15) is 5.69 Å². The maximum atomic E-state index is 11.2. The fourth-order valence-corrected chi connectivity index (χ4v) is 1.34. The molecule has 0 aromatic carbocycles. The quantitative estimate of drug-likeness (QED) is 0.619.